The topological polar surface area (TPSA) is 130 Å². The summed E-state index contributed by atoms with van der Waals surface area (Å²) in [6, 6.07) is 0. The van der Waals surface area contributed by atoms with Gasteiger partial charge in [0, 0.05) is 48.5 Å². The molecule has 0 radical (unpaired) electrons. The molecule has 0 saturated carbocycles. The molecule has 2 heterocycles. The molecule has 0 aromatic rings. The van der Waals surface area contributed by atoms with Gasteiger partial charge < -0.3 is 48.2 Å². The number of hydrogen-bond acceptors (Lipinski definition) is 10. The van der Waals surface area contributed by atoms with Gasteiger partial charge >= 0.3 is 0 Å². The summed E-state index contributed by atoms with van der Waals surface area (Å²) in [4.78, 5) is 21.8. The summed E-state index contributed by atoms with van der Waals surface area (Å²) in [7, 11) is 0. The predicted octanol–water partition coefficient (Wildman–Crippen LogP) is 5.71. The lowest BCUT2D eigenvalue weighted by molar-refractivity contribution is -0.168. The Morgan fingerprint density at radius 2 is 1.44 bits per heavy atom. The number of aliphatic hydroxyl groups is 2. The van der Waals surface area contributed by atoms with Crippen molar-refractivity contribution in [2.24, 2.45) is 0 Å². The molecular weight excluding hydrogens is 448 g/mol. The minimum atomic E-state index is -0.678. The highest BCUT2D eigenvalue weighted by Gasteiger charge is 2.38. The van der Waals surface area contributed by atoms with Crippen LogP contribution in [0.15, 0.2) is 0 Å². The summed E-state index contributed by atoms with van der Waals surface area (Å²) in [6.45, 7) is 12.3. The van der Waals surface area contributed by atoms with E-state index in [2.05, 4.69) is 0 Å². The van der Waals surface area contributed by atoms with E-state index in [1.165, 1.54) is 0 Å². The maximum atomic E-state index is 10.9. The molecule has 10 nitrogen and oxygen atoms in total. The van der Waals surface area contributed by atoms with Crippen molar-refractivity contribution in [3.05, 3.63) is 0 Å². The highest BCUT2D eigenvalue weighted by atomic mass is 16.8. The molecule has 2 rings (SSSR count). The van der Waals surface area contributed by atoms with E-state index < -0.39 is 17.7 Å². The Hall–Kier alpha value is -0.980. The minimum Gasteiger partial charge on any atom is -0.394 e. The van der Waals surface area contributed by atoms with Crippen LogP contribution < -0.4 is 0 Å². The average Bonchev–Trinajstić information content (AvgIpc) is 3.33. The fourth-order valence-electron chi connectivity index (χ4n) is 3.31. The lowest BCUT2D eigenvalue weighted by atomic mass is 10.1. The third-order valence-electron chi connectivity index (χ3n) is 5.33. The molecule has 0 aliphatic carbocycles. The Kier molecular flexibility index (Phi) is 13.9. The Balaban J connectivity index is -0.0000000250. The Morgan fingerprint density at radius 1 is 0.971 bits per heavy atom. The van der Waals surface area contributed by atoms with Crippen LogP contribution in [0.25, 0.3) is 0 Å². The molecule has 0 bridgehead atoms. The first-order valence-electron chi connectivity index (χ1n) is 12.0. The second-order valence-corrected chi connectivity index (χ2v) is 9.49. The summed E-state index contributed by atoms with van der Waals surface area (Å²) in [5.41, 5.74) is 0. The van der Waals surface area contributed by atoms with E-state index in [1.54, 1.807) is 27.7 Å². The molecule has 34 heavy (non-hydrogen) atoms. The third kappa shape index (κ3) is 13.2. The summed E-state index contributed by atoms with van der Waals surface area (Å²) in [5.74, 6) is -1.09. The maximum Gasteiger partial charge on any atom is 0.166 e. The molecule has 6 unspecified atom stereocenters. The molecular formula is C24H76O10. The number of carbonyl (C=O) groups excluding carboxylic acids is 2. The quantitative estimate of drug-likeness (QED) is 0.291. The molecule has 2 saturated heterocycles. The van der Waals surface area contributed by atoms with Crippen LogP contribution in [0.4, 0.5) is 0 Å². The van der Waals surface area contributed by atoms with Gasteiger partial charge in [-0.2, -0.15) is 0 Å². The number of Topliss-reactive ketones (excluding diaryl/α,β-unsaturated/α-hetero) is 2. The highest BCUT2D eigenvalue weighted by Crippen LogP contribution is 2.29. The molecule has 6 atom stereocenters. The summed E-state index contributed by atoms with van der Waals surface area (Å²) in [5, 5.41) is 17.9. The number of ether oxygens (including phenoxy) is 6. The highest BCUT2D eigenvalue weighted by molar-refractivity contribution is 5.75. The van der Waals surface area contributed by atoms with Crippen LogP contribution in [0.5, 0.6) is 0 Å². The van der Waals surface area contributed by atoms with Gasteiger partial charge in [-0.3, -0.25) is 0 Å². The third-order valence-corrected chi connectivity index (χ3v) is 5.33. The molecule has 2 aliphatic rings. The lowest BCUT2D eigenvalue weighted by Gasteiger charge is -2.23. The SMILES string of the molecule is CC(=O)CCC1(C)OCC(COC(C)CO)O1.CC(=O)CCC1(C)OCC(COCC(C)O)O1.[HH].[HH].[HH].[HH].[HH].[HH].[HH].[HH].[HH].[HH].[HH].[HH].[HH].[HH].[HH].[HH]. The summed E-state index contributed by atoms with van der Waals surface area (Å²) in [6.07, 6.45) is 1.13. The smallest absolute Gasteiger partial charge is 0.166 e. The number of carbonyl (C=O) groups is 2. The average molecular weight is 525 g/mol. The molecule has 0 aromatic carbocycles. The fourth-order valence-corrected chi connectivity index (χ4v) is 3.31. The van der Waals surface area contributed by atoms with Gasteiger partial charge in [0.05, 0.1) is 51.8 Å². The van der Waals surface area contributed by atoms with Crippen LogP contribution >= 0.6 is 0 Å². The first-order chi connectivity index (χ1) is 15.9. The Morgan fingerprint density at radius 3 is 1.85 bits per heavy atom. The normalized spacial score (nSPS) is 30.5. The fraction of sp³-hybridized carbons (Fsp3) is 0.917. The number of ketones is 2. The monoisotopic (exact) mass is 525 g/mol. The zero-order valence-corrected chi connectivity index (χ0v) is 21.5. The lowest BCUT2D eigenvalue weighted by Crippen LogP contribution is -2.29. The van der Waals surface area contributed by atoms with E-state index in [9.17, 15) is 9.59 Å². The van der Waals surface area contributed by atoms with Crippen LogP contribution in [-0.2, 0) is 38.0 Å². The number of hydrogen-bond donors (Lipinski definition) is 2. The second kappa shape index (κ2) is 15.2. The van der Waals surface area contributed by atoms with Gasteiger partial charge in [0.2, 0.25) is 0 Å². The van der Waals surface area contributed by atoms with Gasteiger partial charge in [-0.1, -0.05) is 0 Å². The molecule has 2 fully saturated rings. The second-order valence-electron chi connectivity index (χ2n) is 9.49. The van der Waals surface area contributed by atoms with Crippen molar-refractivity contribution in [2.45, 2.75) is 103 Å². The van der Waals surface area contributed by atoms with Crippen molar-refractivity contribution in [1.82, 2.24) is 0 Å². The molecule has 2 aliphatic heterocycles. The van der Waals surface area contributed by atoms with E-state index in [1.807, 2.05) is 13.8 Å². The molecule has 10 heteroatoms. The van der Waals surface area contributed by atoms with Gasteiger partial charge in [-0.05, 0) is 41.5 Å². The van der Waals surface area contributed by atoms with Crippen LogP contribution in [0.1, 0.15) is 90.1 Å². The zero-order valence-electron chi connectivity index (χ0n) is 21.5. The first kappa shape index (κ1) is 31.1. The van der Waals surface area contributed by atoms with Gasteiger partial charge in [-0.15, -0.1) is 0 Å². The van der Waals surface area contributed by atoms with E-state index in [4.69, 9.17) is 38.6 Å². The van der Waals surface area contributed by atoms with E-state index in [0.29, 0.717) is 58.7 Å². The molecule has 232 valence electrons. The maximum absolute atomic E-state index is 10.9. The summed E-state index contributed by atoms with van der Waals surface area (Å²) < 4.78 is 33.2. The molecule has 0 amide bonds. The van der Waals surface area contributed by atoms with Crippen molar-refractivity contribution in [3.63, 3.8) is 0 Å². The summed E-state index contributed by atoms with van der Waals surface area (Å²) >= 11 is 0. The Bertz CT molecular complexity index is 658. The van der Waals surface area contributed by atoms with Gasteiger partial charge in [0.1, 0.15) is 23.8 Å². The largest absolute Gasteiger partial charge is 0.394 e. The van der Waals surface area contributed by atoms with Crippen molar-refractivity contribution < 1.29 is 71.0 Å². The number of aliphatic hydroxyl groups excluding tert-OH is 2. The van der Waals surface area contributed by atoms with Crippen molar-refractivity contribution in [2.75, 3.05) is 39.6 Å². The molecule has 2 N–H and O–H groups in total. The van der Waals surface area contributed by atoms with E-state index in [-0.39, 0.29) is 59.3 Å². The molecule has 0 aromatic heterocycles. The zero-order chi connectivity index (χ0) is 25.8. The van der Waals surface area contributed by atoms with E-state index in [0.717, 1.165) is 0 Å². The van der Waals surface area contributed by atoms with Crippen LogP contribution in [0.3, 0.4) is 0 Å². The standard InChI is InChI=1S/2C12H22O5.16H2/c1-9(13)4-5-12(3)16-8-11(17-12)7-15-6-10(2)14;1-9(14)4-5-12(3)16-8-11(17-12)7-15-10(2)6-13;;;;;;;;;;;;;;;;/h10-11,14H,4-8H2,1-3H3;10-11,13H,4-8H2,1-3H3;16*1H. The van der Waals surface area contributed by atoms with Crippen molar-refractivity contribution in [3.8, 4) is 0 Å². The van der Waals surface area contributed by atoms with Gasteiger partial charge in [0.15, 0.2) is 11.6 Å². The van der Waals surface area contributed by atoms with Crippen LogP contribution in [0.2, 0.25) is 0 Å². The predicted molar refractivity (Wildman–Crippen MR) is 157 cm³/mol. The van der Waals surface area contributed by atoms with Gasteiger partial charge in [-0.25, -0.2) is 0 Å². The molecule has 0 spiro atoms. The van der Waals surface area contributed by atoms with Crippen molar-refractivity contribution >= 4 is 11.6 Å². The van der Waals surface area contributed by atoms with Crippen molar-refractivity contribution in [1.29, 1.82) is 0 Å². The van der Waals surface area contributed by atoms with Crippen LogP contribution in [-0.4, -0.2) is 97.4 Å². The Labute approximate surface area is 226 Å². The van der Waals surface area contributed by atoms with E-state index >= 15 is 0 Å². The minimum absolute atomic E-state index is 0. The first-order valence-corrected chi connectivity index (χ1v) is 12.0. The van der Waals surface area contributed by atoms with Gasteiger partial charge in [0.25, 0.3) is 0 Å². The van der Waals surface area contributed by atoms with Crippen LogP contribution in [0, 0.1) is 0 Å². The number of rotatable bonds is 14.